The standard InChI is InChI=1S/C20H16BrF3O/c1-19(2)11-13-5-3-4-6-15(13)17(19)16(18(25)20(22,23)24)12-7-9-14(21)10-8-12/h3-11,16H,1-2H3. The van der Waals surface area contributed by atoms with Crippen molar-refractivity contribution < 1.29 is 18.0 Å². The number of carbonyl (C=O) groups excluding carboxylic acids is 1. The molecule has 25 heavy (non-hydrogen) atoms. The molecule has 1 unspecified atom stereocenters. The van der Waals surface area contributed by atoms with Crippen molar-refractivity contribution in [2.45, 2.75) is 25.9 Å². The molecule has 5 heteroatoms. The predicted octanol–water partition coefficient (Wildman–Crippen LogP) is 4.34. The van der Waals surface area contributed by atoms with Gasteiger partial charge in [0.05, 0.1) is 5.92 Å². The second-order valence-electron chi connectivity index (χ2n) is 6.71. The Labute approximate surface area is 152 Å². The van der Waals surface area contributed by atoms with Gasteiger partial charge in [-0.15, -0.1) is 0 Å². The van der Waals surface area contributed by atoms with Crippen LogP contribution in [0.4, 0.5) is 13.2 Å². The topological polar surface area (TPSA) is 17.1 Å². The van der Waals surface area contributed by atoms with Crippen LogP contribution < -0.4 is 10.4 Å². The van der Waals surface area contributed by atoms with Crippen LogP contribution in [0.5, 0.6) is 0 Å². The largest absolute Gasteiger partial charge is 0.450 e. The Hall–Kier alpha value is -1.88. The zero-order valence-electron chi connectivity index (χ0n) is 13.7. The molecule has 1 aliphatic carbocycles. The summed E-state index contributed by atoms with van der Waals surface area (Å²) < 4.78 is 40.8. The van der Waals surface area contributed by atoms with Gasteiger partial charge in [-0.2, -0.15) is 13.2 Å². The van der Waals surface area contributed by atoms with Gasteiger partial charge in [0.25, 0.3) is 0 Å². The third-order valence-corrected chi connectivity index (χ3v) is 5.02. The minimum atomic E-state index is -4.90. The number of ketones is 1. The van der Waals surface area contributed by atoms with E-state index in [1.165, 1.54) is 0 Å². The van der Waals surface area contributed by atoms with E-state index in [1.54, 1.807) is 36.4 Å². The van der Waals surface area contributed by atoms with Crippen molar-refractivity contribution in [3.05, 3.63) is 69.0 Å². The van der Waals surface area contributed by atoms with Gasteiger partial charge in [0.2, 0.25) is 5.78 Å². The van der Waals surface area contributed by atoms with E-state index in [9.17, 15) is 18.0 Å². The number of halogens is 4. The van der Waals surface area contributed by atoms with Gasteiger partial charge in [-0.05, 0) is 33.7 Å². The van der Waals surface area contributed by atoms with Crippen molar-refractivity contribution in [3.8, 4) is 0 Å². The number of benzene rings is 2. The first kappa shape index (κ1) is 17.9. The predicted molar refractivity (Wildman–Crippen MR) is 95.3 cm³/mol. The van der Waals surface area contributed by atoms with Gasteiger partial charge >= 0.3 is 6.18 Å². The fraction of sp³-hybridized carbons (Fsp3) is 0.250. The molecule has 0 N–H and O–H groups in total. The van der Waals surface area contributed by atoms with Crippen molar-refractivity contribution in [3.63, 3.8) is 0 Å². The molecule has 2 aromatic rings. The summed E-state index contributed by atoms with van der Waals surface area (Å²) in [7, 11) is 0. The van der Waals surface area contributed by atoms with E-state index < -0.39 is 23.3 Å². The van der Waals surface area contributed by atoms with Crippen molar-refractivity contribution in [2.75, 3.05) is 0 Å². The third-order valence-electron chi connectivity index (χ3n) is 4.50. The first-order valence-corrected chi connectivity index (χ1v) is 8.60. The SMILES string of the molecule is CC1(C)C=c2ccccc2=C1C(C(=O)C(F)(F)F)c1ccc(Br)cc1. The van der Waals surface area contributed by atoms with Crippen LogP contribution in [0.15, 0.2) is 53.0 Å². The van der Waals surface area contributed by atoms with E-state index in [0.717, 1.165) is 9.69 Å². The van der Waals surface area contributed by atoms with Gasteiger partial charge < -0.3 is 0 Å². The van der Waals surface area contributed by atoms with Crippen molar-refractivity contribution >= 4 is 33.4 Å². The fourth-order valence-electron chi connectivity index (χ4n) is 3.48. The minimum Gasteiger partial charge on any atom is -0.289 e. The van der Waals surface area contributed by atoms with Crippen LogP contribution in [-0.4, -0.2) is 12.0 Å². The van der Waals surface area contributed by atoms with Crippen LogP contribution >= 0.6 is 15.9 Å². The number of Topliss-reactive ketones (excluding diaryl/α,β-unsaturated/α-hetero) is 1. The van der Waals surface area contributed by atoms with Gasteiger partial charge in [0.1, 0.15) is 0 Å². The lowest BCUT2D eigenvalue weighted by Gasteiger charge is -2.29. The lowest BCUT2D eigenvalue weighted by atomic mass is 9.74. The minimum absolute atomic E-state index is 0.346. The molecule has 1 atom stereocenters. The van der Waals surface area contributed by atoms with E-state index in [2.05, 4.69) is 15.9 Å². The molecule has 0 radical (unpaired) electrons. The van der Waals surface area contributed by atoms with Gasteiger partial charge in [-0.3, -0.25) is 4.79 Å². The molecule has 1 aliphatic rings. The quantitative estimate of drug-likeness (QED) is 0.738. The fourth-order valence-corrected chi connectivity index (χ4v) is 3.74. The average molecular weight is 409 g/mol. The maximum Gasteiger partial charge on any atom is 0.450 e. The first-order chi connectivity index (χ1) is 11.6. The molecule has 3 rings (SSSR count). The Morgan fingerprint density at radius 2 is 1.64 bits per heavy atom. The Kier molecular flexibility index (Phi) is 4.40. The summed E-state index contributed by atoms with van der Waals surface area (Å²) >= 11 is 3.28. The molecule has 0 spiro atoms. The normalized spacial score (nSPS) is 17.0. The third kappa shape index (κ3) is 3.30. The molecular formula is C20H16BrF3O. The first-order valence-electron chi connectivity index (χ1n) is 7.80. The van der Waals surface area contributed by atoms with Gasteiger partial charge in [0, 0.05) is 9.89 Å². The summed E-state index contributed by atoms with van der Waals surface area (Å²) in [5.41, 5.74) is 0.189. The summed E-state index contributed by atoms with van der Waals surface area (Å²) in [6, 6.07) is 13.7. The molecule has 0 bridgehead atoms. The number of hydrogen-bond donors (Lipinski definition) is 0. The summed E-state index contributed by atoms with van der Waals surface area (Å²) in [4.78, 5) is 12.4. The Morgan fingerprint density at radius 3 is 2.24 bits per heavy atom. The number of hydrogen-bond acceptors (Lipinski definition) is 1. The maximum absolute atomic E-state index is 13.4. The molecule has 130 valence electrons. The second kappa shape index (κ2) is 6.13. The van der Waals surface area contributed by atoms with Crippen molar-refractivity contribution in [2.24, 2.45) is 5.41 Å². The number of carbonyl (C=O) groups is 1. The summed E-state index contributed by atoms with van der Waals surface area (Å²) in [5, 5.41) is 1.57. The Morgan fingerprint density at radius 1 is 1.04 bits per heavy atom. The van der Waals surface area contributed by atoms with Crippen molar-refractivity contribution in [1.29, 1.82) is 0 Å². The Bertz CT molecular complexity index is 940. The number of fused-ring (bicyclic) bond motifs is 1. The van der Waals surface area contributed by atoms with E-state index in [1.807, 2.05) is 32.1 Å². The number of rotatable bonds is 3. The molecule has 0 saturated carbocycles. The molecule has 1 nitrogen and oxygen atoms in total. The molecule has 0 heterocycles. The maximum atomic E-state index is 13.4. The van der Waals surface area contributed by atoms with Crippen LogP contribution in [0.3, 0.4) is 0 Å². The Balaban J connectivity index is 2.31. The molecule has 0 saturated heterocycles. The second-order valence-corrected chi connectivity index (χ2v) is 7.63. The highest BCUT2D eigenvalue weighted by atomic mass is 79.9. The highest BCUT2D eigenvalue weighted by Crippen LogP contribution is 2.44. The van der Waals surface area contributed by atoms with Crippen molar-refractivity contribution in [1.82, 2.24) is 0 Å². The molecular weight excluding hydrogens is 393 g/mol. The van der Waals surface area contributed by atoms with Crippen LogP contribution in [0, 0.1) is 5.41 Å². The molecule has 0 amide bonds. The zero-order chi connectivity index (χ0) is 18.4. The van der Waals surface area contributed by atoms with Crippen LogP contribution in [0.2, 0.25) is 0 Å². The summed E-state index contributed by atoms with van der Waals surface area (Å²) in [5.74, 6) is -3.09. The number of alkyl halides is 3. The van der Waals surface area contributed by atoms with Gasteiger partial charge in [-0.1, -0.05) is 72.3 Å². The summed E-state index contributed by atoms with van der Waals surface area (Å²) in [6.45, 7) is 3.69. The van der Waals surface area contributed by atoms with Gasteiger partial charge in [-0.25, -0.2) is 0 Å². The van der Waals surface area contributed by atoms with Gasteiger partial charge in [0.15, 0.2) is 0 Å². The zero-order valence-corrected chi connectivity index (χ0v) is 15.3. The van der Waals surface area contributed by atoms with Crippen LogP contribution in [0.1, 0.15) is 25.3 Å². The molecule has 0 fully saturated rings. The van der Waals surface area contributed by atoms with E-state index in [4.69, 9.17) is 0 Å². The molecule has 0 aromatic heterocycles. The van der Waals surface area contributed by atoms with E-state index in [0.29, 0.717) is 16.4 Å². The molecule has 2 aromatic carbocycles. The van der Waals surface area contributed by atoms with E-state index >= 15 is 0 Å². The van der Waals surface area contributed by atoms with E-state index in [-0.39, 0.29) is 0 Å². The lowest BCUT2D eigenvalue weighted by molar-refractivity contribution is -0.171. The van der Waals surface area contributed by atoms with Crippen LogP contribution in [-0.2, 0) is 4.79 Å². The lowest BCUT2D eigenvalue weighted by Crippen LogP contribution is -2.35. The van der Waals surface area contributed by atoms with Crippen LogP contribution in [0.25, 0.3) is 11.6 Å². The monoisotopic (exact) mass is 408 g/mol. The highest BCUT2D eigenvalue weighted by molar-refractivity contribution is 9.10. The molecule has 0 aliphatic heterocycles. The average Bonchev–Trinajstić information content (AvgIpc) is 2.79. The summed E-state index contributed by atoms with van der Waals surface area (Å²) in [6.07, 6.45) is -2.98. The highest BCUT2D eigenvalue weighted by Gasteiger charge is 2.48. The smallest absolute Gasteiger partial charge is 0.289 e.